The molecule has 0 unspecified atom stereocenters. The Morgan fingerprint density at radius 2 is 1.46 bits per heavy atom. The number of fused-ring (bicyclic) bond motifs is 7. The minimum absolute atomic E-state index is 0.00113. The fraction of sp³-hybridized carbons (Fsp3) is 0.939. The number of alkyl carbamates (subject to hydrolysis) is 1. The van der Waals surface area contributed by atoms with Crippen molar-refractivity contribution in [2.24, 2.45) is 74.4 Å². The van der Waals surface area contributed by atoms with Crippen molar-refractivity contribution in [2.45, 2.75) is 177 Å². The minimum atomic E-state index is -3.05. The van der Waals surface area contributed by atoms with Gasteiger partial charge in [-0.15, -0.1) is 0 Å². The van der Waals surface area contributed by atoms with Gasteiger partial charge in [-0.1, -0.05) is 62.3 Å². The first-order valence-electron chi connectivity index (χ1n) is 24.2. The summed E-state index contributed by atoms with van der Waals surface area (Å²) in [6, 6.07) is -0.0486. The van der Waals surface area contributed by atoms with E-state index in [4.69, 9.17) is 9.47 Å². The molecule has 7 fully saturated rings. The number of carboxylic acids is 1. The maximum absolute atomic E-state index is 13.7. The molecule has 0 aromatic carbocycles. The van der Waals surface area contributed by atoms with Gasteiger partial charge in [-0.05, 0) is 149 Å². The first kappa shape index (κ1) is 47.1. The van der Waals surface area contributed by atoms with Gasteiger partial charge >= 0.3 is 18.0 Å². The Kier molecular flexibility index (Phi) is 12.3. The van der Waals surface area contributed by atoms with Gasteiger partial charge in [0, 0.05) is 43.2 Å². The van der Waals surface area contributed by atoms with E-state index in [9.17, 15) is 27.9 Å². The van der Waals surface area contributed by atoms with Crippen molar-refractivity contribution in [3.05, 3.63) is 0 Å². The topological polar surface area (TPSA) is 151 Å². The van der Waals surface area contributed by atoms with Crippen LogP contribution in [0.5, 0.6) is 0 Å². The molecule has 11 nitrogen and oxygen atoms in total. The predicted molar refractivity (Wildman–Crippen MR) is 238 cm³/mol. The Balaban J connectivity index is 1.09. The summed E-state index contributed by atoms with van der Waals surface area (Å²) in [6.45, 7) is 28.9. The van der Waals surface area contributed by atoms with Crippen molar-refractivity contribution in [3.8, 4) is 0 Å². The molecule has 13 atom stereocenters. The van der Waals surface area contributed by atoms with Gasteiger partial charge in [-0.3, -0.25) is 14.5 Å². The highest BCUT2D eigenvalue weighted by atomic mass is 32.2. The van der Waals surface area contributed by atoms with Crippen molar-refractivity contribution in [1.29, 1.82) is 0 Å². The summed E-state index contributed by atoms with van der Waals surface area (Å²) in [7, 11) is -3.05. The number of aliphatic carboxylic acids is 1. The average molecular weight is 874 g/mol. The number of hydrogen-bond acceptors (Lipinski definition) is 9. The summed E-state index contributed by atoms with van der Waals surface area (Å²) in [5.41, 5.74) is -0.898. The van der Waals surface area contributed by atoms with E-state index in [2.05, 4.69) is 64.0 Å². The monoisotopic (exact) mass is 874 g/mol. The van der Waals surface area contributed by atoms with Gasteiger partial charge in [0.15, 0.2) is 9.84 Å². The van der Waals surface area contributed by atoms with Crippen molar-refractivity contribution >= 4 is 27.9 Å². The molecule has 3 N–H and O–H groups in total. The SMILES string of the molecule is CC(C)[C@@H]1CC[C@]2(NC[C@H](CNC(=O)OC(C)(C)C)N3CCS(=O)(=O)CC3)CC[C@]3(C)[C@H](CC[C@@H]4[C@@]5(C)CC[C@H](OC(=O)[C@H]6C[C@@H](C(=O)O)C6(C)C)C(C)(C)[C@@H]5CC[C@]43C)[C@@H]12. The highest BCUT2D eigenvalue weighted by Crippen LogP contribution is 2.76. The number of carbonyl (C=O) groups excluding carboxylic acids is 2. The van der Waals surface area contributed by atoms with Crippen molar-refractivity contribution in [1.82, 2.24) is 15.5 Å². The molecule has 12 heteroatoms. The van der Waals surface area contributed by atoms with E-state index in [0.717, 1.165) is 32.1 Å². The zero-order valence-electron chi connectivity index (χ0n) is 40.0. The van der Waals surface area contributed by atoms with E-state index in [1.807, 2.05) is 34.6 Å². The molecular weight excluding hydrogens is 791 g/mol. The van der Waals surface area contributed by atoms with Crippen LogP contribution in [-0.2, 0) is 28.9 Å². The van der Waals surface area contributed by atoms with Gasteiger partial charge in [0.1, 0.15) is 11.7 Å². The average Bonchev–Trinajstić information content (AvgIpc) is 3.52. The van der Waals surface area contributed by atoms with Crippen LogP contribution in [-0.4, -0.2) is 97.4 Å². The van der Waals surface area contributed by atoms with E-state index >= 15 is 0 Å². The van der Waals surface area contributed by atoms with E-state index < -0.39 is 38.8 Å². The normalized spacial score (nSPS) is 43.0. The third kappa shape index (κ3) is 8.00. The molecule has 6 aliphatic carbocycles. The molecule has 61 heavy (non-hydrogen) atoms. The number of nitrogens with zero attached hydrogens (tertiary/aromatic N) is 1. The standard InChI is InChI=1S/C49H83N3O8S/c1-30(2)32-15-20-49(51-29-31(28-50-42(56)60-43(3,4)5)52-23-25-61(57,58)26-24-52)22-21-47(11)33(39(32)49)13-14-37-46(10)18-17-38(45(8,9)36(46)16-19-48(37,47)12)59-41(55)35-27-34(40(53)54)44(35,6)7/h30-39,51H,13-29H2,1-12H3,(H,50,56)(H,53,54)/t31-,32-,33+,34-,35+,36-,37+,38-,39+,46-,47+,48+,49-/m0/s1. The molecular formula is C49H83N3O8S. The van der Waals surface area contributed by atoms with Crippen LogP contribution in [0.15, 0.2) is 0 Å². The Morgan fingerprint density at radius 1 is 0.787 bits per heavy atom. The van der Waals surface area contributed by atoms with Crippen molar-refractivity contribution in [3.63, 3.8) is 0 Å². The second-order valence-electron chi connectivity index (χ2n) is 24.7. The third-order valence-electron chi connectivity index (χ3n) is 19.9. The molecule has 1 heterocycles. The van der Waals surface area contributed by atoms with Gasteiger partial charge in [-0.2, -0.15) is 0 Å². The van der Waals surface area contributed by atoms with Crippen molar-refractivity contribution in [2.75, 3.05) is 37.7 Å². The highest BCUT2D eigenvalue weighted by molar-refractivity contribution is 7.91. The first-order valence-corrected chi connectivity index (χ1v) is 26.0. The quantitative estimate of drug-likeness (QED) is 0.183. The van der Waals surface area contributed by atoms with Crippen LogP contribution in [0.2, 0.25) is 0 Å². The Hall–Kier alpha value is -1.92. The number of carbonyl (C=O) groups is 3. The third-order valence-corrected chi connectivity index (χ3v) is 21.5. The number of amides is 1. The molecule has 6 saturated carbocycles. The number of nitrogens with one attached hydrogen (secondary N) is 2. The van der Waals surface area contributed by atoms with Crippen LogP contribution >= 0.6 is 0 Å². The van der Waals surface area contributed by atoms with Gasteiger partial charge < -0.3 is 25.2 Å². The lowest BCUT2D eigenvalue weighted by Crippen LogP contribution is -2.69. The van der Waals surface area contributed by atoms with Gasteiger partial charge in [0.25, 0.3) is 0 Å². The maximum Gasteiger partial charge on any atom is 0.407 e. The largest absolute Gasteiger partial charge is 0.481 e. The Labute approximate surface area is 368 Å². The van der Waals surface area contributed by atoms with Crippen LogP contribution in [0.25, 0.3) is 0 Å². The molecule has 0 bridgehead atoms. The number of hydrogen-bond donors (Lipinski definition) is 3. The lowest BCUT2D eigenvalue weighted by molar-refractivity contribution is -0.249. The summed E-state index contributed by atoms with van der Waals surface area (Å²) in [6.07, 6.45) is 11.1. The molecule has 1 saturated heterocycles. The molecule has 0 aromatic heterocycles. The summed E-state index contributed by atoms with van der Waals surface area (Å²) in [5, 5.41) is 17.0. The lowest BCUT2D eigenvalue weighted by Gasteiger charge is -2.73. The summed E-state index contributed by atoms with van der Waals surface area (Å²) < 4.78 is 37.0. The van der Waals surface area contributed by atoms with E-state index in [-0.39, 0.29) is 62.7 Å². The smallest absolute Gasteiger partial charge is 0.407 e. The predicted octanol–water partition coefficient (Wildman–Crippen LogP) is 8.35. The summed E-state index contributed by atoms with van der Waals surface area (Å²) >= 11 is 0. The molecule has 348 valence electrons. The zero-order chi connectivity index (χ0) is 44.9. The van der Waals surface area contributed by atoms with E-state index in [1.54, 1.807) is 0 Å². The molecule has 7 aliphatic rings. The second kappa shape index (κ2) is 15.9. The molecule has 0 aromatic rings. The van der Waals surface area contributed by atoms with Crippen LogP contribution < -0.4 is 10.6 Å². The summed E-state index contributed by atoms with van der Waals surface area (Å²) in [5.74, 6) is 1.73. The number of esters is 1. The van der Waals surface area contributed by atoms with E-state index in [1.165, 1.54) is 32.1 Å². The minimum Gasteiger partial charge on any atom is -0.481 e. The number of ether oxygens (including phenoxy) is 2. The number of sulfone groups is 1. The first-order chi connectivity index (χ1) is 28.1. The van der Waals surface area contributed by atoms with Gasteiger partial charge in [0.05, 0.1) is 23.3 Å². The van der Waals surface area contributed by atoms with Crippen molar-refractivity contribution < 1.29 is 37.4 Å². The number of carboxylic acid groups (broad SMARTS) is 1. The summed E-state index contributed by atoms with van der Waals surface area (Å²) in [4.78, 5) is 40.7. The molecule has 7 rings (SSSR count). The van der Waals surface area contributed by atoms with E-state index in [0.29, 0.717) is 68.1 Å². The number of rotatable bonds is 10. The Bertz CT molecular complexity index is 1800. The van der Waals surface area contributed by atoms with Crippen LogP contribution in [0, 0.1) is 74.4 Å². The molecule has 1 amide bonds. The Morgan fingerprint density at radius 3 is 2.07 bits per heavy atom. The fourth-order valence-electron chi connectivity index (χ4n) is 16.1. The lowest BCUT2D eigenvalue weighted by atomic mass is 9.32. The fourth-order valence-corrected chi connectivity index (χ4v) is 17.3. The molecule has 0 radical (unpaired) electrons. The van der Waals surface area contributed by atoms with Crippen LogP contribution in [0.4, 0.5) is 4.79 Å². The zero-order valence-corrected chi connectivity index (χ0v) is 40.8. The second-order valence-corrected chi connectivity index (χ2v) is 27.0. The van der Waals surface area contributed by atoms with Crippen LogP contribution in [0.3, 0.4) is 0 Å². The van der Waals surface area contributed by atoms with Gasteiger partial charge in [-0.25, -0.2) is 13.2 Å². The maximum atomic E-state index is 13.7. The van der Waals surface area contributed by atoms with Crippen LogP contribution in [0.1, 0.15) is 154 Å². The molecule has 0 spiro atoms. The highest BCUT2D eigenvalue weighted by Gasteiger charge is 2.71. The molecule has 1 aliphatic heterocycles. The van der Waals surface area contributed by atoms with Gasteiger partial charge in [0.2, 0.25) is 0 Å².